The summed E-state index contributed by atoms with van der Waals surface area (Å²) in [6, 6.07) is -0.481. The second kappa shape index (κ2) is 7.48. The van der Waals surface area contributed by atoms with Crippen LogP contribution in [0.1, 0.15) is 39.5 Å². The number of hydrogen-bond donors (Lipinski definition) is 1. The van der Waals surface area contributed by atoms with Crippen molar-refractivity contribution in [2.45, 2.75) is 45.6 Å². The van der Waals surface area contributed by atoms with Gasteiger partial charge >= 0.3 is 0 Å². The topological polar surface area (TPSA) is 66.6 Å². The number of carbonyl (C=O) groups is 2. The molecule has 2 amide bonds. The number of hydrogen-bond acceptors (Lipinski definition) is 4. The molecule has 0 aromatic carbocycles. The Hall–Kier alpha value is -0.940. The SMILES string of the molecule is CCN(CC)CCCCN1C(=O)CC[C@H](N)C1=O. The first-order valence-corrected chi connectivity index (χ1v) is 6.92. The second-order valence-electron chi connectivity index (χ2n) is 4.76. The van der Waals surface area contributed by atoms with Crippen molar-refractivity contribution in [1.29, 1.82) is 0 Å². The molecular weight excluding hydrogens is 230 g/mol. The summed E-state index contributed by atoms with van der Waals surface area (Å²) in [5, 5.41) is 0. The van der Waals surface area contributed by atoms with Crippen LogP contribution < -0.4 is 5.73 Å². The first-order valence-electron chi connectivity index (χ1n) is 6.92. The van der Waals surface area contributed by atoms with Crippen molar-refractivity contribution in [3.05, 3.63) is 0 Å². The highest BCUT2D eigenvalue weighted by atomic mass is 16.2. The van der Waals surface area contributed by atoms with Gasteiger partial charge in [0.25, 0.3) is 0 Å². The number of imide groups is 1. The van der Waals surface area contributed by atoms with Gasteiger partial charge in [0.05, 0.1) is 6.04 Å². The van der Waals surface area contributed by atoms with Crippen molar-refractivity contribution in [2.24, 2.45) is 5.73 Å². The summed E-state index contributed by atoms with van der Waals surface area (Å²) in [5.41, 5.74) is 5.67. The predicted molar refractivity (Wildman–Crippen MR) is 71.0 cm³/mol. The molecule has 0 saturated carbocycles. The molecule has 0 aromatic rings. The maximum Gasteiger partial charge on any atom is 0.246 e. The number of unbranched alkanes of at least 4 members (excludes halogenated alkanes) is 1. The Morgan fingerprint density at radius 2 is 1.94 bits per heavy atom. The van der Waals surface area contributed by atoms with Crippen LogP contribution in [0.15, 0.2) is 0 Å². The van der Waals surface area contributed by atoms with E-state index < -0.39 is 6.04 Å². The zero-order valence-corrected chi connectivity index (χ0v) is 11.5. The summed E-state index contributed by atoms with van der Waals surface area (Å²) in [6.45, 7) is 7.91. The molecule has 1 saturated heterocycles. The van der Waals surface area contributed by atoms with Crippen LogP contribution in [0.5, 0.6) is 0 Å². The third kappa shape index (κ3) is 4.07. The molecule has 5 nitrogen and oxygen atoms in total. The van der Waals surface area contributed by atoms with Crippen LogP contribution >= 0.6 is 0 Å². The molecule has 0 aromatic heterocycles. The van der Waals surface area contributed by atoms with Crippen molar-refractivity contribution < 1.29 is 9.59 Å². The fraction of sp³-hybridized carbons (Fsp3) is 0.846. The largest absolute Gasteiger partial charge is 0.320 e. The lowest BCUT2D eigenvalue weighted by atomic mass is 10.0. The third-order valence-electron chi connectivity index (χ3n) is 3.55. The number of nitrogens with zero attached hydrogens (tertiary/aromatic N) is 2. The van der Waals surface area contributed by atoms with Crippen LogP contribution in [0.2, 0.25) is 0 Å². The maximum atomic E-state index is 11.7. The Bertz CT molecular complexity index is 290. The summed E-state index contributed by atoms with van der Waals surface area (Å²) in [4.78, 5) is 27.1. The van der Waals surface area contributed by atoms with E-state index in [-0.39, 0.29) is 11.8 Å². The van der Waals surface area contributed by atoms with Crippen molar-refractivity contribution in [3.8, 4) is 0 Å². The fourth-order valence-electron chi connectivity index (χ4n) is 2.24. The summed E-state index contributed by atoms with van der Waals surface area (Å²) < 4.78 is 0. The van der Waals surface area contributed by atoms with Gasteiger partial charge in [0.15, 0.2) is 0 Å². The summed E-state index contributed by atoms with van der Waals surface area (Å²) >= 11 is 0. The van der Waals surface area contributed by atoms with Crippen LogP contribution in [0.3, 0.4) is 0 Å². The minimum atomic E-state index is -0.481. The van der Waals surface area contributed by atoms with E-state index in [1.54, 1.807) is 0 Å². The molecule has 0 unspecified atom stereocenters. The molecule has 1 rings (SSSR count). The number of amides is 2. The van der Waals surface area contributed by atoms with Crippen molar-refractivity contribution >= 4 is 11.8 Å². The average Bonchev–Trinajstić information content (AvgIpc) is 2.38. The standard InChI is InChI=1S/C13H25N3O2/c1-3-15(4-2)9-5-6-10-16-12(17)8-7-11(14)13(16)18/h11H,3-10,14H2,1-2H3/t11-/m0/s1. The van der Waals surface area contributed by atoms with E-state index in [2.05, 4.69) is 18.7 Å². The van der Waals surface area contributed by atoms with E-state index in [1.807, 2.05) is 0 Å². The first-order chi connectivity index (χ1) is 8.60. The van der Waals surface area contributed by atoms with Gasteiger partial charge in [-0.25, -0.2) is 0 Å². The first kappa shape index (κ1) is 15.1. The van der Waals surface area contributed by atoms with Gasteiger partial charge in [-0.05, 0) is 38.9 Å². The van der Waals surface area contributed by atoms with Gasteiger partial charge in [0.2, 0.25) is 11.8 Å². The zero-order chi connectivity index (χ0) is 13.5. The molecule has 0 spiro atoms. The van der Waals surface area contributed by atoms with E-state index in [9.17, 15) is 9.59 Å². The van der Waals surface area contributed by atoms with E-state index in [1.165, 1.54) is 4.90 Å². The summed E-state index contributed by atoms with van der Waals surface area (Å²) in [5.74, 6) is -0.265. The molecule has 0 bridgehead atoms. The molecule has 0 radical (unpaired) electrons. The molecule has 1 fully saturated rings. The Kier molecular flexibility index (Phi) is 6.29. The van der Waals surface area contributed by atoms with Crippen molar-refractivity contribution in [3.63, 3.8) is 0 Å². The van der Waals surface area contributed by atoms with Gasteiger partial charge in [0.1, 0.15) is 0 Å². The maximum absolute atomic E-state index is 11.7. The highest BCUT2D eigenvalue weighted by molar-refractivity contribution is 6.00. The minimum Gasteiger partial charge on any atom is -0.320 e. The quantitative estimate of drug-likeness (QED) is 0.534. The number of nitrogens with two attached hydrogens (primary N) is 1. The van der Waals surface area contributed by atoms with Crippen LogP contribution in [-0.2, 0) is 9.59 Å². The van der Waals surface area contributed by atoms with Gasteiger partial charge in [-0.1, -0.05) is 13.8 Å². The van der Waals surface area contributed by atoms with Crippen LogP contribution in [0, 0.1) is 0 Å². The highest BCUT2D eigenvalue weighted by Crippen LogP contribution is 2.12. The van der Waals surface area contributed by atoms with Crippen LogP contribution in [0.4, 0.5) is 0 Å². The molecule has 1 aliphatic heterocycles. The summed E-state index contributed by atoms with van der Waals surface area (Å²) in [6.07, 6.45) is 2.77. The van der Waals surface area contributed by atoms with Gasteiger partial charge < -0.3 is 10.6 Å². The van der Waals surface area contributed by atoms with Crippen molar-refractivity contribution in [1.82, 2.24) is 9.80 Å². The Labute approximate surface area is 109 Å². The lowest BCUT2D eigenvalue weighted by Crippen LogP contribution is -2.51. The highest BCUT2D eigenvalue weighted by Gasteiger charge is 2.31. The smallest absolute Gasteiger partial charge is 0.246 e. The summed E-state index contributed by atoms with van der Waals surface area (Å²) in [7, 11) is 0. The lowest BCUT2D eigenvalue weighted by molar-refractivity contribution is -0.149. The average molecular weight is 255 g/mol. The van der Waals surface area contributed by atoms with Gasteiger partial charge in [-0.2, -0.15) is 0 Å². The molecule has 1 aliphatic rings. The number of rotatable bonds is 7. The Morgan fingerprint density at radius 3 is 2.56 bits per heavy atom. The molecule has 5 heteroatoms. The van der Waals surface area contributed by atoms with Crippen LogP contribution in [0.25, 0.3) is 0 Å². The predicted octanol–water partition coefficient (Wildman–Crippen LogP) is 0.585. The molecule has 1 heterocycles. The van der Waals surface area contributed by atoms with Crippen LogP contribution in [-0.4, -0.2) is 53.8 Å². The van der Waals surface area contributed by atoms with E-state index in [0.717, 1.165) is 32.5 Å². The van der Waals surface area contributed by atoms with Gasteiger partial charge in [-0.3, -0.25) is 14.5 Å². The minimum absolute atomic E-state index is 0.0652. The molecule has 1 atom stereocenters. The van der Waals surface area contributed by atoms with E-state index in [0.29, 0.717) is 19.4 Å². The number of piperidine rings is 1. The lowest BCUT2D eigenvalue weighted by Gasteiger charge is -2.28. The van der Waals surface area contributed by atoms with E-state index >= 15 is 0 Å². The fourth-order valence-corrected chi connectivity index (χ4v) is 2.24. The van der Waals surface area contributed by atoms with Gasteiger partial charge in [-0.15, -0.1) is 0 Å². The number of likely N-dealkylation sites (tertiary alicyclic amines) is 1. The molecule has 104 valence electrons. The normalized spacial score (nSPS) is 20.9. The third-order valence-corrected chi connectivity index (χ3v) is 3.55. The molecule has 2 N–H and O–H groups in total. The van der Waals surface area contributed by atoms with E-state index in [4.69, 9.17) is 5.73 Å². The Morgan fingerprint density at radius 1 is 1.28 bits per heavy atom. The second-order valence-corrected chi connectivity index (χ2v) is 4.76. The van der Waals surface area contributed by atoms with Crippen molar-refractivity contribution in [2.75, 3.05) is 26.2 Å². The molecular formula is C13H25N3O2. The molecule has 18 heavy (non-hydrogen) atoms. The van der Waals surface area contributed by atoms with Gasteiger partial charge in [0, 0.05) is 13.0 Å². The molecule has 0 aliphatic carbocycles. The Balaban J connectivity index is 2.29. The monoisotopic (exact) mass is 255 g/mol. The zero-order valence-electron chi connectivity index (χ0n) is 11.5. The number of carbonyl (C=O) groups excluding carboxylic acids is 2.